The zero-order valence-corrected chi connectivity index (χ0v) is 14.4. The highest BCUT2D eigenvalue weighted by molar-refractivity contribution is 6.37. The molecule has 1 aliphatic rings. The molecule has 24 heavy (non-hydrogen) atoms. The van der Waals surface area contributed by atoms with Gasteiger partial charge in [-0.25, -0.2) is 0 Å². The van der Waals surface area contributed by atoms with Gasteiger partial charge in [-0.3, -0.25) is 4.79 Å². The van der Waals surface area contributed by atoms with Crippen LogP contribution >= 0.6 is 23.2 Å². The number of hydrogen-bond donors (Lipinski definition) is 1. The molecule has 1 heterocycles. The fraction of sp³-hybridized carbons (Fsp3) is 0.235. The molecule has 126 valence electrons. The number of carbonyl (C=O) groups excluding carboxylic acids is 1. The first-order chi connectivity index (χ1) is 11.5. The Kier molecular flexibility index (Phi) is 5.02. The average molecular weight is 368 g/mol. The molecule has 0 aromatic heterocycles. The quantitative estimate of drug-likeness (QED) is 0.868. The number of nitrogens with one attached hydrogen (secondary N) is 1. The lowest BCUT2D eigenvalue weighted by atomic mass is 10.1. The van der Waals surface area contributed by atoms with E-state index in [1.165, 1.54) is 0 Å². The number of halogens is 2. The predicted octanol–water partition coefficient (Wildman–Crippen LogP) is 3.98. The molecule has 0 fully saturated rings. The minimum absolute atomic E-state index is 0.182. The van der Waals surface area contributed by atoms with E-state index < -0.39 is 0 Å². The molecule has 1 N–H and O–H groups in total. The van der Waals surface area contributed by atoms with Crippen molar-refractivity contribution in [2.24, 2.45) is 0 Å². The van der Waals surface area contributed by atoms with Gasteiger partial charge in [0.1, 0.15) is 0 Å². The normalized spacial score (nSPS) is 13.5. The van der Waals surface area contributed by atoms with Gasteiger partial charge in [0.25, 0.3) is 5.91 Å². The third-order valence-electron chi connectivity index (χ3n) is 3.54. The van der Waals surface area contributed by atoms with Gasteiger partial charge in [-0.05, 0) is 36.8 Å². The van der Waals surface area contributed by atoms with Gasteiger partial charge < -0.3 is 19.5 Å². The Morgan fingerprint density at radius 3 is 2.67 bits per heavy atom. The molecule has 1 atom stereocenters. The van der Waals surface area contributed by atoms with Crippen LogP contribution in [0.5, 0.6) is 17.2 Å². The van der Waals surface area contributed by atoms with Crippen molar-refractivity contribution in [3.05, 3.63) is 52.0 Å². The van der Waals surface area contributed by atoms with Crippen LogP contribution in [0.1, 0.15) is 18.5 Å². The van der Waals surface area contributed by atoms with Gasteiger partial charge >= 0.3 is 0 Å². The molecule has 7 heteroatoms. The van der Waals surface area contributed by atoms with Gasteiger partial charge in [-0.2, -0.15) is 0 Å². The lowest BCUT2D eigenvalue weighted by Gasteiger charge is -2.16. The minimum atomic E-state index is -0.281. The Bertz CT molecular complexity index is 746. The Morgan fingerprint density at radius 2 is 1.92 bits per heavy atom. The van der Waals surface area contributed by atoms with Crippen LogP contribution in [0.15, 0.2) is 36.4 Å². The van der Waals surface area contributed by atoms with Crippen molar-refractivity contribution in [1.29, 1.82) is 0 Å². The summed E-state index contributed by atoms with van der Waals surface area (Å²) in [5.41, 5.74) is 0.906. The molecule has 0 unspecified atom stereocenters. The monoisotopic (exact) mass is 367 g/mol. The molecule has 0 spiro atoms. The maximum atomic E-state index is 12.1. The summed E-state index contributed by atoms with van der Waals surface area (Å²) in [6, 6.07) is 10.3. The molecular formula is C17H15Cl2NO4. The Labute approximate surface area is 149 Å². The van der Waals surface area contributed by atoms with E-state index in [0.717, 1.165) is 5.56 Å². The van der Waals surface area contributed by atoms with Crippen LogP contribution in [0.25, 0.3) is 0 Å². The van der Waals surface area contributed by atoms with E-state index in [1.54, 1.807) is 18.2 Å². The Morgan fingerprint density at radius 1 is 1.21 bits per heavy atom. The molecule has 0 saturated heterocycles. The van der Waals surface area contributed by atoms with Crippen LogP contribution in [-0.2, 0) is 4.79 Å². The second-order valence-electron chi connectivity index (χ2n) is 5.24. The summed E-state index contributed by atoms with van der Waals surface area (Å²) in [5.74, 6) is 1.39. The lowest BCUT2D eigenvalue weighted by molar-refractivity contribution is -0.123. The van der Waals surface area contributed by atoms with Crippen molar-refractivity contribution < 1.29 is 19.0 Å². The zero-order chi connectivity index (χ0) is 17.1. The molecule has 3 rings (SSSR count). The van der Waals surface area contributed by atoms with Gasteiger partial charge in [0.05, 0.1) is 16.1 Å². The van der Waals surface area contributed by atoms with Crippen LogP contribution in [0.3, 0.4) is 0 Å². The van der Waals surface area contributed by atoms with Crippen molar-refractivity contribution in [2.75, 3.05) is 13.4 Å². The SMILES string of the molecule is C[C@H](NC(=O)COc1c(Cl)cccc1Cl)c1ccc2c(c1)OCO2. The van der Waals surface area contributed by atoms with Gasteiger partial charge in [-0.15, -0.1) is 0 Å². The number of ether oxygens (including phenoxy) is 3. The van der Waals surface area contributed by atoms with E-state index in [0.29, 0.717) is 27.3 Å². The van der Waals surface area contributed by atoms with Crippen LogP contribution in [0.2, 0.25) is 10.0 Å². The topological polar surface area (TPSA) is 56.8 Å². The fourth-order valence-electron chi connectivity index (χ4n) is 2.31. The standard InChI is InChI=1S/C17H15Cl2NO4/c1-10(11-5-6-14-15(7-11)24-9-23-14)20-16(21)8-22-17-12(18)3-2-4-13(17)19/h2-7,10H,8-9H2,1H3,(H,20,21)/t10-/m0/s1. The summed E-state index contributed by atoms with van der Waals surface area (Å²) in [6.45, 7) is 1.90. The second-order valence-corrected chi connectivity index (χ2v) is 6.06. The van der Waals surface area contributed by atoms with Crippen molar-refractivity contribution >= 4 is 29.1 Å². The predicted molar refractivity (Wildman–Crippen MR) is 91.1 cm³/mol. The van der Waals surface area contributed by atoms with Gasteiger partial charge in [0.2, 0.25) is 6.79 Å². The molecule has 5 nitrogen and oxygen atoms in total. The smallest absolute Gasteiger partial charge is 0.258 e. The number of amides is 1. The maximum Gasteiger partial charge on any atom is 0.258 e. The molecule has 1 aliphatic heterocycles. The molecule has 1 amide bonds. The lowest BCUT2D eigenvalue weighted by Crippen LogP contribution is -2.31. The van der Waals surface area contributed by atoms with Crippen LogP contribution in [0.4, 0.5) is 0 Å². The van der Waals surface area contributed by atoms with E-state index in [1.807, 2.05) is 25.1 Å². The summed E-state index contributed by atoms with van der Waals surface area (Å²) in [4.78, 5) is 12.1. The molecule has 0 radical (unpaired) electrons. The fourth-order valence-corrected chi connectivity index (χ4v) is 2.81. The van der Waals surface area contributed by atoms with E-state index in [2.05, 4.69) is 5.32 Å². The van der Waals surface area contributed by atoms with Crippen molar-refractivity contribution in [2.45, 2.75) is 13.0 Å². The number of rotatable bonds is 5. The molecule has 2 aromatic rings. The highest BCUT2D eigenvalue weighted by Crippen LogP contribution is 2.34. The first kappa shape index (κ1) is 16.7. The van der Waals surface area contributed by atoms with Crippen LogP contribution in [-0.4, -0.2) is 19.3 Å². The van der Waals surface area contributed by atoms with E-state index in [-0.39, 0.29) is 25.3 Å². The van der Waals surface area contributed by atoms with E-state index in [9.17, 15) is 4.79 Å². The number of fused-ring (bicyclic) bond motifs is 1. The first-order valence-corrected chi connectivity index (χ1v) is 8.06. The van der Waals surface area contributed by atoms with Gasteiger partial charge in [-0.1, -0.05) is 35.3 Å². The molecular weight excluding hydrogens is 353 g/mol. The molecule has 2 aromatic carbocycles. The molecule has 0 bridgehead atoms. The molecule has 0 aliphatic carbocycles. The largest absolute Gasteiger partial charge is 0.481 e. The van der Waals surface area contributed by atoms with E-state index >= 15 is 0 Å². The van der Waals surface area contributed by atoms with Gasteiger partial charge in [0, 0.05) is 0 Å². The Hall–Kier alpha value is -2.11. The zero-order valence-electron chi connectivity index (χ0n) is 12.8. The summed E-state index contributed by atoms with van der Waals surface area (Å²) >= 11 is 12.0. The third-order valence-corrected chi connectivity index (χ3v) is 4.14. The van der Waals surface area contributed by atoms with Gasteiger partial charge in [0.15, 0.2) is 23.9 Å². The summed E-state index contributed by atoms with van der Waals surface area (Å²) in [5, 5.41) is 3.57. The summed E-state index contributed by atoms with van der Waals surface area (Å²) in [6.07, 6.45) is 0. The number of hydrogen-bond acceptors (Lipinski definition) is 4. The number of carbonyl (C=O) groups is 1. The Balaban J connectivity index is 1.58. The van der Waals surface area contributed by atoms with E-state index in [4.69, 9.17) is 37.4 Å². The number of benzene rings is 2. The minimum Gasteiger partial charge on any atom is -0.481 e. The highest BCUT2D eigenvalue weighted by atomic mass is 35.5. The third kappa shape index (κ3) is 3.68. The first-order valence-electron chi connectivity index (χ1n) is 7.30. The second kappa shape index (κ2) is 7.20. The maximum absolute atomic E-state index is 12.1. The molecule has 0 saturated carbocycles. The summed E-state index contributed by atoms with van der Waals surface area (Å²) < 4.78 is 16.0. The summed E-state index contributed by atoms with van der Waals surface area (Å²) in [7, 11) is 0. The van der Waals surface area contributed by atoms with Crippen LogP contribution < -0.4 is 19.5 Å². The van der Waals surface area contributed by atoms with Crippen molar-refractivity contribution in [1.82, 2.24) is 5.32 Å². The highest BCUT2D eigenvalue weighted by Gasteiger charge is 2.17. The number of para-hydroxylation sites is 1. The average Bonchev–Trinajstić information content (AvgIpc) is 3.01. The van der Waals surface area contributed by atoms with Crippen molar-refractivity contribution in [3.8, 4) is 17.2 Å². The van der Waals surface area contributed by atoms with Crippen molar-refractivity contribution in [3.63, 3.8) is 0 Å². The van der Waals surface area contributed by atoms with Crippen LogP contribution in [0, 0.1) is 0 Å².